The fourth-order valence-electron chi connectivity index (χ4n) is 4.51. The van der Waals surface area contributed by atoms with E-state index in [1.807, 2.05) is 38.1 Å². The van der Waals surface area contributed by atoms with E-state index in [2.05, 4.69) is 30.4 Å². The third-order valence-electron chi connectivity index (χ3n) is 6.27. The first-order chi connectivity index (χ1) is 15.1. The number of rotatable bonds is 6. The van der Waals surface area contributed by atoms with Crippen molar-refractivity contribution in [3.8, 4) is 16.9 Å². The number of hydrogen-bond donors (Lipinski definition) is 1. The van der Waals surface area contributed by atoms with Gasteiger partial charge >= 0.3 is 0 Å². The van der Waals surface area contributed by atoms with Gasteiger partial charge in [-0.25, -0.2) is 0 Å². The number of fused-ring (bicyclic) bond motifs is 1. The summed E-state index contributed by atoms with van der Waals surface area (Å²) in [6.07, 6.45) is 8.18. The predicted molar refractivity (Wildman–Crippen MR) is 126 cm³/mol. The Morgan fingerprint density at radius 3 is 2.71 bits per heavy atom. The molecule has 1 aliphatic carbocycles. The van der Waals surface area contributed by atoms with Gasteiger partial charge in [0.25, 0.3) is 0 Å². The Bertz CT molecular complexity index is 1080. The van der Waals surface area contributed by atoms with E-state index < -0.39 is 0 Å². The van der Waals surface area contributed by atoms with Gasteiger partial charge in [-0.2, -0.15) is 0 Å². The average Bonchev–Trinajstić information content (AvgIpc) is 3.18. The van der Waals surface area contributed by atoms with Gasteiger partial charge in [0.1, 0.15) is 11.3 Å². The molecule has 2 atom stereocenters. The first-order valence-electron chi connectivity index (χ1n) is 11.3. The van der Waals surface area contributed by atoms with E-state index in [0.717, 1.165) is 45.4 Å². The fraction of sp³-hybridized carbons (Fsp3) is 0.370. The summed E-state index contributed by atoms with van der Waals surface area (Å²) in [5.41, 5.74) is 4.71. The lowest BCUT2D eigenvalue weighted by molar-refractivity contribution is -0.117. The molecule has 1 heterocycles. The Labute approximate surface area is 184 Å². The van der Waals surface area contributed by atoms with Gasteiger partial charge in [-0.15, -0.1) is 0 Å². The second kappa shape index (κ2) is 9.42. The van der Waals surface area contributed by atoms with Crippen molar-refractivity contribution < 1.29 is 13.9 Å². The van der Waals surface area contributed by atoms with Gasteiger partial charge in [0, 0.05) is 34.7 Å². The molecule has 0 bridgehead atoms. The second-order valence-corrected chi connectivity index (χ2v) is 8.50. The van der Waals surface area contributed by atoms with Crippen LogP contribution < -0.4 is 10.1 Å². The Kier molecular flexibility index (Phi) is 6.45. The molecule has 4 rings (SSSR count). The summed E-state index contributed by atoms with van der Waals surface area (Å²) in [5, 5.41) is 4.23. The van der Waals surface area contributed by atoms with Crippen LogP contribution in [-0.2, 0) is 4.79 Å². The summed E-state index contributed by atoms with van der Waals surface area (Å²) in [5.74, 6) is 1.23. The van der Waals surface area contributed by atoms with Crippen LogP contribution in [0.25, 0.3) is 27.7 Å². The highest BCUT2D eigenvalue weighted by Crippen LogP contribution is 2.37. The molecule has 2 unspecified atom stereocenters. The lowest BCUT2D eigenvalue weighted by atomic mass is 9.86. The Hall–Kier alpha value is -3.01. The van der Waals surface area contributed by atoms with Gasteiger partial charge in [-0.3, -0.25) is 4.79 Å². The van der Waals surface area contributed by atoms with Crippen LogP contribution in [-0.4, -0.2) is 18.6 Å². The standard InChI is InChI=1S/C27H31NO3/c1-4-30-25-16-26-22(23(17-31-26)20-11-6-5-7-12-20)15-21(25)19(3)14-27(29)28-24-13-9-8-10-18(24)2/h5-7,11-12,14-18,24H,4,8-10,13H2,1-3H3,(H,28,29)/b19-14+. The van der Waals surface area contributed by atoms with Gasteiger partial charge in [0.2, 0.25) is 5.91 Å². The summed E-state index contributed by atoms with van der Waals surface area (Å²) in [7, 11) is 0. The van der Waals surface area contributed by atoms with Crippen molar-refractivity contribution >= 4 is 22.4 Å². The molecule has 0 spiro atoms. The number of furan rings is 1. The van der Waals surface area contributed by atoms with Crippen molar-refractivity contribution in [2.45, 2.75) is 52.5 Å². The van der Waals surface area contributed by atoms with Crippen LogP contribution in [0.2, 0.25) is 0 Å². The zero-order valence-corrected chi connectivity index (χ0v) is 18.6. The second-order valence-electron chi connectivity index (χ2n) is 8.50. The third kappa shape index (κ3) is 4.68. The molecule has 4 nitrogen and oxygen atoms in total. The van der Waals surface area contributed by atoms with Crippen molar-refractivity contribution in [1.29, 1.82) is 0 Å². The molecule has 1 aliphatic rings. The number of amides is 1. The molecule has 1 fully saturated rings. The molecule has 3 aromatic rings. The summed E-state index contributed by atoms with van der Waals surface area (Å²) in [6, 6.07) is 14.5. The van der Waals surface area contributed by atoms with E-state index in [1.54, 1.807) is 12.3 Å². The molecule has 1 aromatic heterocycles. The van der Waals surface area contributed by atoms with Crippen molar-refractivity contribution in [3.05, 3.63) is 60.4 Å². The molecule has 0 radical (unpaired) electrons. The Balaban J connectivity index is 1.67. The first kappa shape index (κ1) is 21.2. The van der Waals surface area contributed by atoms with E-state index in [1.165, 1.54) is 19.3 Å². The smallest absolute Gasteiger partial charge is 0.244 e. The summed E-state index contributed by atoms with van der Waals surface area (Å²) in [6.45, 7) is 6.70. The van der Waals surface area contributed by atoms with Crippen LogP contribution >= 0.6 is 0 Å². The minimum atomic E-state index is -0.0331. The fourth-order valence-corrected chi connectivity index (χ4v) is 4.51. The van der Waals surface area contributed by atoms with Crippen molar-refractivity contribution in [2.24, 2.45) is 5.92 Å². The summed E-state index contributed by atoms with van der Waals surface area (Å²) in [4.78, 5) is 12.8. The molecule has 1 N–H and O–H groups in total. The van der Waals surface area contributed by atoms with E-state index in [4.69, 9.17) is 9.15 Å². The molecule has 0 aliphatic heterocycles. The highest BCUT2D eigenvalue weighted by atomic mass is 16.5. The topological polar surface area (TPSA) is 51.5 Å². The van der Waals surface area contributed by atoms with Gasteiger partial charge in [0.15, 0.2) is 0 Å². The Morgan fingerprint density at radius 1 is 1.19 bits per heavy atom. The van der Waals surface area contributed by atoms with E-state index >= 15 is 0 Å². The lowest BCUT2D eigenvalue weighted by Gasteiger charge is -2.29. The first-order valence-corrected chi connectivity index (χ1v) is 11.3. The number of benzene rings is 2. The largest absolute Gasteiger partial charge is 0.493 e. The molecule has 4 heteroatoms. The zero-order chi connectivity index (χ0) is 21.8. The predicted octanol–water partition coefficient (Wildman–Crippen LogP) is 6.60. The molecule has 1 saturated carbocycles. The minimum absolute atomic E-state index is 0.0331. The lowest BCUT2D eigenvalue weighted by Crippen LogP contribution is -2.40. The van der Waals surface area contributed by atoms with Gasteiger partial charge < -0.3 is 14.5 Å². The molecule has 0 saturated heterocycles. The van der Waals surface area contributed by atoms with Crippen molar-refractivity contribution in [2.75, 3.05) is 6.61 Å². The van der Waals surface area contributed by atoms with Crippen LogP contribution in [0.1, 0.15) is 52.0 Å². The third-order valence-corrected chi connectivity index (χ3v) is 6.27. The molecular formula is C27H31NO3. The maximum Gasteiger partial charge on any atom is 0.244 e. The summed E-state index contributed by atoms with van der Waals surface area (Å²) >= 11 is 0. The van der Waals surface area contributed by atoms with Gasteiger partial charge in [0.05, 0.1) is 12.9 Å². The van der Waals surface area contributed by atoms with Gasteiger partial charge in [-0.05, 0) is 49.8 Å². The number of ether oxygens (including phenoxy) is 1. The maximum atomic E-state index is 12.8. The van der Waals surface area contributed by atoms with Crippen LogP contribution in [0.15, 0.2) is 59.2 Å². The number of allylic oxidation sites excluding steroid dienone is 1. The maximum absolute atomic E-state index is 12.8. The molecule has 2 aromatic carbocycles. The van der Waals surface area contributed by atoms with Gasteiger partial charge in [-0.1, -0.05) is 50.1 Å². The number of carbonyl (C=O) groups is 1. The van der Waals surface area contributed by atoms with Crippen LogP contribution in [0.4, 0.5) is 0 Å². The summed E-state index contributed by atoms with van der Waals surface area (Å²) < 4.78 is 11.7. The number of carbonyl (C=O) groups excluding carboxylic acids is 1. The molecule has 1 amide bonds. The zero-order valence-electron chi connectivity index (χ0n) is 18.6. The molecule has 31 heavy (non-hydrogen) atoms. The highest BCUT2D eigenvalue weighted by molar-refractivity contribution is 6.00. The minimum Gasteiger partial charge on any atom is -0.493 e. The van der Waals surface area contributed by atoms with E-state index in [0.29, 0.717) is 12.5 Å². The van der Waals surface area contributed by atoms with Crippen molar-refractivity contribution in [3.63, 3.8) is 0 Å². The highest BCUT2D eigenvalue weighted by Gasteiger charge is 2.22. The van der Waals surface area contributed by atoms with Crippen LogP contribution in [0, 0.1) is 5.92 Å². The molecular weight excluding hydrogens is 386 g/mol. The number of hydrogen-bond acceptors (Lipinski definition) is 3. The number of nitrogens with one attached hydrogen (secondary N) is 1. The van der Waals surface area contributed by atoms with E-state index in [-0.39, 0.29) is 11.9 Å². The van der Waals surface area contributed by atoms with E-state index in [9.17, 15) is 4.79 Å². The normalized spacial score (nSPS) is 19.4. The molecule has 162 valence electrons. The SMILES string of the molecule is CCOc1cc2occ(-c3ccccc3)c2cc1/C(C)=C/C(=O)NC1CCCCC1C. The van der Waals surface area contributed by atoms with Crippen LogP contribution in [0.5, 0.6) is 5.75 Å². The quantitative estimate of drug-likeness (QED) is 0.460. The monoisotopic (exact) mass is 417 g/mol. The van der Waals surface area contributed by atoms with Crippen molar-refractivity contribution in [1.82, 2.24) is 5.32 Å². The Morgan fingerprint density at radius 2 is 1.97 bits per heavy atom. The van der Waals surface area contributed by atoms with Crippen LogP contribution in [0.3, 0.4) is 0 Å². The average molecular weight is 418 g/mol.